The molecule has 144 valence electrons. The van der Waals surface area contributed by atoms with Crippen LogP contribution in [0.25, 0.3) is 0 Å². The van der Waals surface area contributed by atoms with Crippen LogP contribution in [-0.2, 0) is 10.3 Å². The molecule has 1 spiro atoms. The van der Waals surface area contributed by atoms with E-state index in [9.17, 15) is 14.9 Å². The smallest absolute Gasteiger partial charge is 0.256 e. The van der Waals surface area contributed by atoms with Gasteiger partial charge in [-0.05, 0) is 36.6 Å². The first-order valence-corrected chi connectivity index (χ1v) is 9.98. The van der Waals surface area contributed by atoms with Crippen molar-refractivity contribution in [1.29, 1.82) is 0 Å². The summed E-state index contributed by atoms with van der Waals surface area (Å²) in [6, 6.07) is 11.1. The van der Waals surface area contributed by atoms with Gasteiger partial charge < -0.3 is 5.32 Å². The summed E-state index contributed by atoms with van der Waals surface area (Å²) in [7, 11) is 0. The summed E-state index contributed by atoms with van der Waals surface area (Å²) in [4.78, 5) is 27.5. The molecule has 0 aromatic heterocycles. The Morgan fingerprint density at radius 2 is 2.00 bits per heavy atom. The first-order valence-electron chi connectivity index (χ1n) is 9.22. The molecule has 28 heavy (non-hydrogen) atoms. The average Bonchev–Trinajstić information content (AvgIpc) is 3.29. The zero-order chi connectivity index (χ0) is 19.6. The van der Waals surface area contributed by atoms with Crippen LogP contribution in [0.4, 0.5) is 5.69 Å². The van der Waals surface area contributed by atoms with Crippen LogP contribution in [0.15, 0.2) is 42.5 Å². The number of para-hydroxylation sites is 1. The Hall–Kier alpha value is -2.15. The van der Waals surface area contributed by atoms with Crippen LogP contribution in [-0.4, -0.2) is 34.4 Å². The second kappa shape index (κ2) is 6.17. The number of hydrogen-bond acceptors (Lipinski definition) is 4. The lowest BCUT2D eigenvalue weighted by molar-refractivity contribution is -0.534. The minimum Gasteiger partial charge on any atom is -0.324 e. The van der Waals surface area contributed by atoms with Crippen molar-refractivity contribution in [2.24, 2.45) is 0 Å². The van der Waals surface area contributed by atoms with Crippen molar-refractivity contribution in [3.63, 3.8) is 0 Å². The highest BCUT2D eigenvalue weighted by Crippen LogP contribution is 2.58. The summed E-state index contributed by atoms with van der Waals surface area (Å²) in [5.74, 6) is -0.825. The van der Waals surface area contributed by atoms with Gasteiger partial charge in [-0.1, -0.05) is 47.5 Å². The first-order chi connectivity index (χ1) is 13.5. The van der Waals surface area contributed by atoms with Gasteiger partial charge in [0, 0.05) is 38.8 Å². The summed E-state index contributed by atoms with van der Waals surface area (Å²) in [6.07, 6.45) is 1.67. The van der Waals surface area contributed by atoms with Crippen molar-refractivity contribution in [3.05, 3.63) is 73.8 Å². The molecule has 1 N–H and O–H groups in total. The maximum Gasteiger partial charge on any atom is 0.256 e. The fraction of sp³-hybridized carbons (Fsp3) is 0.350. The number of hydrogen-bond donors (Lipinski definition) is 1. The molecule has 3 aliphatic heterocycles. The topological polar surface area (TPSA) is 75.5 Å². The lowest BCUT2D eigenvalue weighted by Crippen LogP contribution is -2.55. The molecule has 4 atom stereocenters. The van der Waals surface area contributed by atoms with Crippen molar-refractivity contribution in [2.75, 3.05) is 11.9 Å². The van der Waals surface area contributed by atoms with E-state index in [4.69, 9.17) is 23.2 Å². The first kappa shape index (κ1) is 17.9. The van der Waals surface area contributed by atoms with E-state index in [1.807, 2.05) is 23.1 Å². The predicted octanol–water partition coefficient (Wildman–Crippen LogP) is 4.05. The number of amides is 1. The Balaban J connectivity index is 1.77. The lowest BCUT2D eigenvalue weighted by atomic mass is 9.77. The number of fused-ring (bicyclic) bond motifs is 4. The third kappa shape index (κ3) is 2.16. The van der Waals surface area contributed by atoms with Crippen molar-refractivity contribution in [2.45, 2.75) is 36.4 Å². The Morgan fingerprint density at radius 3 is 2.75 bits per heavy atom. The van der Waals surface area contributed by atoms with Crippen LogP contribution >= 0.6 is 23.2 Å². The third-order valence-corrected chi connectivity index (χ3v) is 6.98. The molecule has 0 radical (unpaired) electrons. The van der Waals surface area contributed by atoms with Crippen molar-refractivity contribution >= 4 is 34.8 Å². The van der Waals surface area contributed by atoms with Crippen LogP contribution in [0.5, 0.6) is 0 Å². The molecule has 2 saturated heterocycles. The molecule has 2 fully saturated rings. The van der Waals surface area contributed by atoms with E-state index in [1.165, 1.54) is 0 Å². The van der Waals surface area contributed by atoms with E-state index >= 15 is 0 Å². The Bertz CT molecular complexity index is 1010. The SMILES string of the molecule is O=C1Nc2ccccc2[C@]12[C@H]([N+](=O)[O-])[C@H](c1ccc(Cl)cc1Cl)[C@@H]1CCCN12. The number of nitro groups is 1. The largest absolute Gasteiger partial charge is 0.324 e. The minimum absolute atomic E-state index is 0.133. The van der Waals surface area contributed by atoms with Gasteiger partial charge in [0.1, 0.15) is 0 Å². The van der Waals surface area contributed by atoms with Crippen molar-refractivity contribution in [1.82, 2.24) is 4.90 Å². The molecule has 1 amide bonds. The molecule has 0 saturated carbocycles. The van der Waals surface area contributed by atoms with Gasteiger partial charge in [0.25, 0.3) is 11.9 Å². The van der Waals surface area contributed by atoms with Crippen LogP contribution in [0.2, 0.25) is 10.0 Å². The van der Waals surface area contributed by atoms with E-state index in [2.05, 4.69) is 5.32 Å². The van der Waals surface area contributed by atoms with E-state index in [1.54, 1.807) is 24.3 Å². The standard InChI is InChI=1S/C20H17Cl2N3O3/c21-11-7-8-12(14(22)10-11)17-16-6-3-9-24(16)20(18(17)25(27)28)13-4-1-2-5-15(13)23-19(20)26/h1-2,4-5,7-8,10,16-18H,3,6,9H2,(H,23,26)/t16-,17+,18+,20-/m0/s1. The van der Waals surface area contributed by atoms with Gasteiger partial charge in [-0.15, -0.1) is 0 Å². The lowest BCUT2D eigenvalue weighted by Gasteiger charge is -2.32. The molecular formula is C20H17Cl2N3O3. The Kier molecular flexibility index (Phi) is 3.95. The molecular weight excluding hydrogens is 401 g/mol. The maximum atomic E-state index is 13.3. The van der Waals surface area contributed by atoms with Gasteiger partial charge >= 0.3 is 0 Å². The molecule has 3 heterocycles. The van der Waals surface area contributed by atoms with E-state index in [0.717, 1.165) is 12.8 Å². The molecule has 3 aliphatic rings. The molecule has 0 aliphatic carbocycles. The number of anilines is 1. The summed E-state index contributed by atoms with van der Waals surface area (Å²) in [6.45, 7) is 0.637. The normalized spacial score (nSPS) is 31.1. The predicted molar refractivity (Wildman–Crippen MR) is 106 cm³/mol. The maximum absolute atomic E-state index is 13.3. The molecule has 2 aromatic carbocycles. The van der Waals surface area contributed by atoms with Crippen LogP contribution in [0.1, 0.15) is 29.9 Å². The zero-order valence-corrected chi connectivity index (χ0v) is 16.3. The molecule has 8 heteroatoms. The minimum atomic E-state index is -1.32. The average molecular weight is 418 g/mol. The zero-order valence-electron chi connectivity index (χ0n) is 14.8. The molecule has 5 rings (SSSR count). The number of carbonyl (C=O) groups is 1. The quantitative estimate of drug-likeness (QED) is 0.590. The molecule has 6 nitrogen and oxygen atoms in total. The van der Waals surface area contributed by atoms with Gasteiger partial charge in [0.05, 0.1) is 5.92 Å². The summed E-state index contributed by atoms with van der Waals surface area (Å²) in [5, 5.41) is 16.2. The van der Waals surface area contributed by atoms with E-state index < -0.39 is 17.5 Å². The van der Waals surface area contributed by atoms with Crippen molar-refractivity contribution in [3.8, 4) is 0 Å². The van der Waals surface area contributed by atoms with Gasteiger partial charge in [0.15, 0.2) is 5.54 Å². The summed E-state index contributed by atoms with van der Waals surface area (Å²) in [5.41, 5.74) is 0.683. The van der Waals surface area contributed by atoms with Gasteiger partial charge in [0.2, 0.25) is 0 Å². The molecule has 2 aromatic rings. The number of nitrogens with zero attached hydrogens (tertiary/aromatic N) is 2. The third-order valence-electron chi connectivity index (χ3n) is 6.42. The fourth-order valence-electron chi connectivity index (χ4n) is 5.52. The van der Waals surface area contributed by atoms with Gasteiger partial charge in [-0.25, -0.2) is 0 Å². The molecule has 0 unspecified atom stereocenters. The van der Waals surface area contributed by atoms with Crippen molar-refractivity contribution < 1.29 is 9.72 Å². The second-order valence-electron chi connectivity index (χ2n) is 7.59. The number of halogens is 2. The van der Waals surface area contributed by atoms with Crippen LogP contribution in [0.3, 0.4) is 0 Å². The fourth-order valence-corrected chi connectivity index (χ4v) is 6.05. The number of benzene rings is 2. The number of carbonyl (C=O) groups excluding carboxylic acids is 1. The van der Waals surface area contributed by atoms with E-state index in [0.29, 0.717) is 33.4 Å². The Morgan fingerprint density at radius 1 is 1.21 bits per heavy atom. The Labute approximate surface area is 171 Å². The number of rotatable bonds is 2. The highest BCUT2D eigenvalue weighted by atomic mass is 35.5. The highest BCUT2D eigenvalue weighted by Gasteiger charge is 2.73. The summed E-state index contributed by atoms with van der Waals surface area (Å²) < 4.78 is 0. The summed E-state index contributed by atoms with van der Waals surface area (Å²) >= 11 is 12.5. The van der Waals surface area contributed by atoms with Gasteiger partial charge in [-0.3, -0.25) is 19.8 Å². The van der Waals surface area contributed by atoms with Crippen LogP contribution < -0.4 is 5.32 Å². The van der Waals surface area contributed by atoms with Gasteiger partial charge in [-0.2, -0.15) is 0 Å². The second-order valence-corrected chi connectivity index (χ2v) is 8.43. The van der Waals surface area contributed by atoms with Crippen LogP contribution in [0, 0.1) is 10.1 Å². The highest BCUT2D eigenvalue weighted by molar-refractivity contribution is 6.35. The van der Waals surface area contributed by atoms with E-state index in [-0.39, 0.29) is 16.9 Å². The number of nitrogens with one attached hydrogen (secondary N) is 1. The monoisotopic (exact) mass is 417 g/mol. The molecule has 0 bridgehead atoms.